The Morgan fingerprint density at radius 3 is 2.67 bits per heavy atom. The molecule has 1 rings (SSSR count). The van der Waals surface area contributed by atoms with Crippen molar-refractivity contribution in [1.82, 2.24) is 14.3 Å². The van der Waals surface area contributed by atoms with Crippen molar-refractivity contribution in [3.8, 4) is 0 Å². The van der Waals surface area contributed by atoms with Crippen LogP contribution in [0.25, 0.3) is 0 Å². The van der Waals surface area contributed by atoms with Gasteiger partial charge in [0.2, 0.25) is 0 Å². The molecule has 0 aliphatic heterocycles. The Hall–Kier alpha value is -0.920. The lowest BCUT2D eigenvalue weighted by molar-refractivity contribution is 0.465. The molecule has 6 nitrogen and oxygen atoms in total. The molecule has 0 radical (unpaired) electrons. The number of aromatic nitrogens is 2. The summed E-state index contributed by atoms with van der Waals surface area (Å²) in [6.07, 6.45) is 3.24. The zero-order valence-corrected chi connectivity index (χ0v) is 12.0. The Bertz CT molecular complexity index is 462. The minimum atomic E-state index is -3.51. The van der Waals surface area contributed by atoms with Crippen LogP contribution in [-0.2, 0) is 17.1 Å². The lowest BCUT2D eigenvalue weighted by atomic mass is 10.0. The van der Waals surface area contributed by atoms with Gasteiger partial charge in [-0.2, -0.15) is 0 Å². The smallest absolute Gasteiger partial charge is 0.259 e. The summed E-state index contributed by atoms with van der Waals surface area (Å²) >= 11 is 0. The second-order valence-electron chi connectivity index (χ2n) is 4.44. The topological polar surface area (TPSA) is 90.0 Å². The molecule has 0 aromatic carbocycles. The van der Waals surface area contributed by atoms with Crippen molar-refractivity contribution in [3.63, 3.8) is 0 Å². The van der Waals surface area contributed by atoms with Gasteiger partial charge in [-0.05, 0) is 25.8 Å². The normalized spacial score (nSPS) is 13.8. The Morgan fingerprint density at radius 2 is 2.22 bits per heavy atom. The molecular weight excluding hydrogens is 252 g/mol. The summed E-state index contributed by atoms with van der Waals surface area (Å²) in [5.41, 5.74) is 5.49. The standard InChI is InChI=1S/C11H22N4O2S/c1-4-10(5-6-12)7-13-18(16,17)11-8-15(3)9(2)14-11/h8,10,13H,4-7,12H2,1-3H3. The first kappa shape index (κ1) is 15.1. The highest BCUT2D eigenvalue weighted by Gasteiger charge is 2.19. The number of hydrogen-bond acceptors (Lipinski definition) is 4. The summed E-state index contributed by atoms with van der Waals surface area (Å²) in [4.78, 5) is 4.02. The maximum absolute atomic E-state index is 12.0. The molecule has 18 heavy (non-hydrogen) atoms. The molecule has 104 valence electrons. The molecule has 0 bridgehead atoms. The van der Waals surface area contributed by atoms with Crippen molar-refractivity contribution in [2.45, 2.75) is 31.7 Å². The van der Waals surface area contributed by atoms with Crippen LogP contribution >= 0.6 is 0 Å². The summed E-state index contributed by atoms with van der Waals surface area (Å²) in [5, 5.41) is 0.0742. The van der Waals surface area contributed by atoms with Crippen molar-refractivity contribution in [2.75, 3.05) is 13.1 Å². The first-order valence-electron chi connectivity index (χ1n) is 6.10. The zero-order chi connectivity index (χ0) is 13.8. The second-order valence-corrected chi connectivity index (χ2v) is 6.15. The maximum Gasteiger partial charge on any atom is 0.259 e. The number of nitrogens with one attached hydrogen (secondary N) is 1. The second kappa shape index (κ2) is 6.31. The van der Waals surface area contributed by atoms with Crippen molar-refractivity contribution in [1.29, 1.82) is 0 Å². The number of aryl methyl sites for hydroxylation is 2. The highest BCUT2D eigenvalue weighted by atomic mass is 32.2. The van der Waals surface area contributed by atoms with Crippen LogP contribution in [0.15, 0.2) is 11.2 Å². The quantitative estimate of drug-likeness (QED) is 0.752. The lowest BCUT2D eigenvalue weighted by Crippen LogP contribution is -2.30. The van der Waals surface area contributed by atoms with Gasteiger partial charge in [-0.3, -0.25) is 0 Å². The largest absolute Gasteiger partial charge is 0.337 e. The molecule has 3 N–H and O–H groups in total. The molecule has 0 amide bonds. The van der Waals surface area contributed by atoms with Crippen LogP contribution in [0.1, 0.15) is 25.6 Å². The first-order chi connectivity index (χ1) is 8.40. The van der Waals surface area contributed by atoms with Crippen LogP contribution in [0, 0.1) is 12.8 Å². The van der Waals surface area contributed by atoms with Gasteiger partial charge in [0.1, 0.15) is 5.82 Å². The monoisotopic (exact) mass is 274 g/mol. The molecule has 7 heteroatoms. The molecule has 0 saturated carbocycles. The van der Waals surface area contributed by atoms with Crippen LogP contribution in [0.5, 0.6) is 0 Å². The molecule has 1 aromatic rings. The van der Waals surface area contributed by atoms with Crippen LogP contribution in [0.3, 0.4) is 0 Å². The SMILES string of the molecule is CCC(CCN)CNS(=O)(=O)c1cn(C)c(C)n1. The van der Waals surface area contributed by atoms with Gasteiger partial charge in [0.05, 0.1) is 0 Å². The number of rotatable bonds is 7. The fourth-order valence-corrected chi connectivity index (χ4v) is 2.80. The molecule has 1 unspecified atom stereocenters. The Balaban J connectivity index is 2.70. The van der Waals surface area contributed by atoms with Gasteiger partial charge in [0, 0.05) is 19.8 Å². The third-order valence-electron chi connectivity index (χ3n) is 3.08. The van der Waals surface area contributed by atoms with E-state index in [4.69, 9.17) is 5.73 Å². The summed E-state index contributed by atoms with van der Waals surface area (Å²) < 4.78 is 28.3. The predicted molar refractivity (Wildman–Crippen MR) is 70.6 cm³/mol. The highest BCUT2D eigenvalue weighted by molar-refractivity contribution is 7.89. The minimum Gasteiger partial charge on any atom is -0.337 e. The van der Waals surface area contributed by atoms with E-state index in [1.807, 2.05) is 6.92 Å². The summed E-state index contributed by atoms with van der Waals surface area (Å²) in [5.74, 6) is 0.943. The molecule has 0 aliphatic rings. The maximum atomic E-state index is 12.0. The van der Waals surface area contributed by atoms with Gasteiger partial charge in [0.25, 0.3) is 10.0 Å². The van der Waals surface area contributed by atoms with Crippen LogP contribution < -0.4 is 10.5 Å². The summed E-state index contributed by atoms with van der Waals surface area (Å²) in [6, 6.07) is 0. The Morgan fingerprint density at radius 1 is 1.56 bits per heavy atom. The van der Waals surface area contributed by atoms with E-state index in [1.54, 1.807) is 18.5 Å². The Labute approximate surface area is 109 Å². The van der Waals surface area contributed by atoms with Crippen molar-refractivity contribution in [3.05, 3.63) is 12.0 Å². The molecular formula is C11H22N4O2S. The molecule has 0 fully saturated rings. The van der Waals surface area contributed by atoms with E-state index >= 15 is 0 Å². The van der Waals surface area contributed by atoms with Crippen molar-refractivity contribution < 1.29 is 8.42 Å². The number of imidazole rings is 1. The van der Waals surface area contributed by atoms with E-state index in [9.17, 15) is 8.42 Å². The molecule has 0 aliphatic carbocycles. The summed E-state index contributed by atoms with van der Waals surface area (Å²) in [7, 11) is -1.74. The van der Waals surface area contributed by atoms with Crippen molar-refractivity contribution >= 4 is 10.0 Å². The van der Waals surface area contributed by atoms with E-state index in [1.165, 1.54) is 6.20 Å². The van der Waals surface area contributed by atoms with E-state index in [0.29, 0.717) is 18.9 Å². The average Bonchev–Trinajstić information content (AvgIpc) is 2.66. The number of hydrogen-bond donors (Lipinski definition) is 2. The Kier molecular flexibility index (Phi) is 5.30. The third-order valence-corrected chi connectivity index (χ3v) is 4.37. The van der Waals surface area contributed by atoms with E-state index in [0.717, 1.165) is 12.8 Å². The van der Waals surface area contributed by atoms with Gasteiger partial charge in [-0.15, -0.1) is 0 Å². The predicted octanol–water partition coefficient (Wildman–Crippen LogP) is 0.382. The number of nitrogens with two attached hydrogens (primary N) is 1. The highest BCUT2D eigenvalue weighted by Crippen LogP contribution is 2.10. The van der Waals surface area contributed by atoms with Crippen molar-refractivity contribution in [2.24, 2.45) is 18.7 Å². The molecule has 1 aromatic heterocycles. The van der Waals surface area contributed by atoms with Gasteiger partial charge in [-0.25, -0.2) is 18.1 Å². The molecule has 0 spiro atoms. The van der Waals surface area contributed by atoms with Gasteiger partial charge >= 0.3 is 0 Å². The third kappa shape index (κ3) is 3.79. The average molecular weight is 274 g/mol. The number of sulfonamides is 1. The molecule has 1 atom stereocenters. The first-order valence-corrected chi connectivity index (χ1v) is 7.58. The van der Waals surface area contributed by atoms with Crippen LogP contribution in [0.2, 0.25) is 0 Å². The van der Waals surface area contributed by atoms with Gasteiger partial charge in [-0.1, -0.05) is 13.3 Å². The number of nitrogens with zero attached hydrogens (tertiary/aromatic N) is 2. The van der Waals surface area contributed by atoms with E-state index in [-0.39, 0.29) is 10.9 Å². The summed E-state index contributed by atoms with van der Waals surface area (Å²) in [6.45, 7) is 4.77. The van der Waals surface area contributed by atoms with E-state index < -0.39 is 10.0 Å². The van der Waals surface area contributed by atoms with Gasteiger partial charge in [0.15, 0.2) is 5.03 Å². The molecule has 0 saturated heterocycles. The zero-order valence-electron chi connectivity index (χ0n) is 11.2. The fraction of sp³-hybridized carbons (Fsp3) is 0.727. The lowest BCUT2D eigenvalue weighted by Gasteiger charge is -2.13. The minimum absolute atomic E-state index is 0.0742. The van der Waals surface area contributed by atoms with Gasteiger partial charge < -0.3 is 10.3 Å². The van der Waals surface area contributed by atoms with E-state index in [2.05, 4.69) is 9.71 Å². The van der Waals surface area contributed by atoms with Crippen LogP contribution in [0.4, 0.5) is 0 Å². The molecule has 1 heterocycles. The van der Waals surface area contributed by atoms with Crippen LogP contribution in [-0.4, -0.2) is 31.1 Å². The fourth-order valence-electron chi connectivity index (χ4n) is 1.64.